The molecule has 2 heterocycles. The summed E-state index contributed by atoms with van der Waals surface area (Å²) < 4.78 is 37.4. The van der Waals surface area contributed by atoms with Crippen molar-refractivity contribution in [3.05, 3.63) is 23.9 Å². The summed E-state index contributed by atoms with van der Waals surface area (Å²) in [5, 5.41) is 0. The van der Waals surface area contributed by atoms with E-state index in [2.05, 4.69) is 4.99 Å². The van der Waals surface area contributed by atoms with Crippen LogP contribution in [0.5, 0.6) is 0 Å². The van der Waals surface area contributed by atoms with Crippen LogP contribution >= 0.6 is 0 Å². The van der Waals surface area contributed by atoms with E-state index in [9.17, 15) is 13.2 Å². The zero-order valence-corrected chi connectivity index (χ0v) is 9.12. The van der Waals surface area contributed by atoms with Crippen LogP contribution < -0.4 is 0 Å². The molecule has 0 fully saturated rings. The van der Waals surface area contributed by atoms with Gasteiger partial charge in [-0.15, -0.1) is 0 Å². The molecule has 0 N–H and O–H groups in total. The molecular weight excluding hydrogens is 217 g/mol. The van der Waals surface area contributed by atoms with Gasteiger partial charge < -0.3 is 4.90 Å². The van der Waals surface area contributed by atoms with Crippen LogP contribution in [0.2, 0.25) is 0 Å². The van der Waals surface area contributed by atoms with Crippen molar-refractivity contribution in [1.82, 2.24) is 4.90 Å². The largest absolute Gasteiger partial charge is 0.417 e. The number of hydrogen-bond donors (Lipinski definition) is 0. The van der Waals surface area contributed by atoms with Gasteiger partial charge in [-0.3, -0.25) is 4.99 Å². The molecule has 0 aromatic heterocycles. The van der Waals surface area contributed by atoms with E-state index in [1.807, 2.05) is 13.8 Å². The molecule has 5 heteroatoms. The average molecular weight is 230 g/mol. The Morgan fingerprint density at radius 2 is 2.06 bits per heavy atom. The topological polar surface area (TPSA) is 15.6 Å². The Labute approximate surface area is 92.1 Å². The number of fused-ring (bicyclic) bond motifs is 1. The lowest BCUT2D eigenvalue weighted by atomic mass is 10.1. The lowest BCUT2D eigenvalue weighted by Gasteiger charge is -2.21. The van der Waals surface area contributed by atoms with Crippen LogP contribution in [-0.4, -0.2) is 29.5 Å². The summed E-state index contributed by atoms with van der Waals surface area (Å²) in [4.78, 5) is 5.95. The number of aliphatic imine (C=N–C) groups is 1. The van der Waals surface area contributed by atoms with E-state index in [1.54, 1.807) is 4.90 Å². The maximum atomic E-state index is 12.5. The molecule has 0 radical (unpaired) electrons. The van der Waals surface area contributed by atoms with Crippen molar-refractivity contribution in [2.75, 3.05) is 6.54 Å². The molecule has 2 nitrogen and oxygen atoms in total. The molecule has 16 heavy (non-hydrogen) atoms. The van der Waals surface area contributed by atoms with Crippen molar-refractivity contribution >= 4 is 5.84 Å². The van der Waals surface area contributed by atoms with Crippen LogP contribution in [0.3, 0.4) is 0 Å². The Morgan fingerprint density at radius 3 is 2.62 bits per heavy atom. The number of allylic oxidation sites excluding steroid dienone is 2. The van der Waals surface area contributed by atoms with Gasteiger partial charge in [0.1, 0.15) is 5.84 Å². The van der Waals surface area contributed by atoms with Gasteiger partial charge in [0.2, 0.25) is 0 Å². The molecule has 0 amide bonds. The van der Waals surface area contributed by atoms with Crippen molar-refractivity contribution in [2.24, 2.45) is 10.9 Å². The van der Waals surface area contributed by atoms with Gasteiger partial charge in [-0.1, -0.05) is 13.8 Å². The third kappa shape index (κ3) is 1.99. The van der Waals surface area contributed by atoms with Crippen LogP contribution in [0, 0.1) is 5.92 Å². The predicted octanol–water partition coefficient (Wildman–Crippen LogP) is 2.74. The summed E-state index contributed by atoms with van der Waals surface area (Å²) in [7, 11) is 0. The molecule has 0 saturated heterocycles. The molecule has 2 aliphatic heterocycles. The first-order valence-electron chi connectivity index (χ1n) is 5.19. The summed E-state index contributed by atoms with van der Waals surface area (Å²) >= 11 is 0. The van der Waals surface area contributed by atoms with Gasteiger partial charge in [-0.25, -0.2) is 0 Å². The van der Waals surface area contributed by atoms with Crippen LogP contribution in [0.1, 0.15) is 13.8 Å². The fraction of sp³-hybridized carbons (Fsp3) is 0.545. The highest BCUT2D eigenvalue weighted by Crippen LogP contribution is 2.31. The SMILES string of the molecule is CC(C)[C@@H]1CN2C=C(C(F)(F)F)C=CC2=N1. The van der Waals surface area contributed by atoms with Crippen molar-refractivity contribution in [2.45, 2.75) is 26.1 Å². The van der Waals surface area contributed by atoms with Crippen LogP contribution in [0.25, 0.3) is 0 Å². The highest BCUT2D eigenvalue weighted by atomic mass is 19.4. The number of rotatable bonds is 1. The molecule has 0 aromatic carbocycles. The summed E-state index contributed by atoms with van der Waals surface area (Å²) in [6, 6.07) is 0.0866. The standard InChI is InChI=1S/C11H13F3N2/c1-7(2)9-6-16-5-8(11(12,13)14)3-4-10(16)15-9/h3-5,7,9H,6H2,1-2H3/t9-/m0/s1. The molecule has 1 atom stereocenters. The minimum absolute atomic E-state index is 0.0866. The van der Waals surface area contributed by atoms with Gasteiger partial charge in [-0.2, -0.15) is 13.2 Å². The summed E-state index contributed by atoms with van der Waals surface area (Å²) in [5.74, 6) is 0.973. The molecule has 0 aliphatic carbocycles. The molecule has 2 rings (SSSR count). The van der Waals surface area contributed by atoms with E-state index in [4.69, 9.17) is 0 Å². The van der Waals surface area contributed by atoms with Crippen molar-refractivity contribution in [3.8, 4) is 0 Å². The average Bonchev–Trinajstić information content (AvgIpc) is 2.58. The second-order valence-electron chi connectivity index (χ2n) is 4.37. The summed E-state index contributed by atoms with van der Waals surface area (Å²) in [6.07, 6.45) is -0.623. The van der Waals surface area contributed by atoms with E-state index in [-0.39, 0.29) is 6.04 Å². The zero-order valence-electron chi connectivity index (χ0n) is 9.12. The summed E-state index contributed by atoms with van der Waals surface area (Å²) in [6.45, 7) is 4.58. The molecule has 0 bridgehead atoms. The molecule has 0 saturated carbocycles. The smallest absolute Gasteiger partial charge is 0.331 e. The molecule has 0 unspecified atom stereocenters. The van der Waals surface area contributed by atoms with Gasteiger partial charge >= 0.3 is 6.18 Å². The maximum absolute atomic E-state index is 12.5. The number of amidine groups is 1. The Balaban J connectivity index is 2.20. The van der Waals surface area contributed by atoms with Gasteiger partial charge in [0.05, 0.1) is 11.6 Å². The number of hydrogen-bond acceptors (Lipinski definition) is 2. The minimum atomic E-state index is -4.28. The van der Waals surface area contributed by atoms with Crippen LogP contribution in [0.4, 0.5) is 13.2 Å². The third-order valence-corrected chi connectivity index (χ3v) is 2.78. The Hall–Kier alpha value is -1.26. The summed E-state index contributed by atoms with van der Waals surface area (Å²) in [5.41, 5.74) is -0.615. The van der Waals surface area contributed by atoms with E-state index < -0.39 is 11.7 Å². The number of alkyl halides is 3. The normalized spacial score (nSPS) is 24.6. The van der Waals surface area contributed by atoms with Crippen molar-refractivity contribution in [1.29, 1.82) is 0 Å². The third-order valence-electron chi connectivity index (χ3n) is 2.78. The first-order valence-corrected chi connectivity index (χ1v) is 5.19. The van der Waals surface area contributed by atoms with Gasteiger partial charge in [0, 0.05) is 12.7 Å². The molecular formula is C11H13F3N2. The molecule has 2 aliphatic rings. The van der Waals surface area contributed by atoms with E-state index >= 15 is 0 Å². The highest BCUT2D eigenvalue weighted by Gasteiger charge is 2.36. The molecule has 88 valence electrons. The minimum Gasteiger partial charge on any atom is -0.331 e. The second-order valence-corrected chi connectivity index (χ2v) is 4.37. The van der Waals surface area contributed by atoms with Crippen LogP contribution in [-0.2, 0) is 0 Å². The second kappa shape index (κ2) is 3.64. The van der Waals surface area contributed by atoms with Crippen molar-refractivity contribution < 1.29 is 13.2 Å². The lowest BCUT2D eigenvalue weighted by Crippen LogP contribution is -2.29. The van der Waals surface area contributed by atoms with Crippen LogP contribution in [0.15, 0.2) is 28.9 Å². The Kier molecular flexibility index (Phi) is 2.56. The first kappa shape index (κ1) is 11.2. The number of halogens is 3. The van der Waals surface area contributed by atoms with E-state index in [0.29, 0.717) is 18.3 Å². The van der Waals surface area contributed by atoms with Gasteiger partial charge in [0.15, 0.2) is 0 Å². The Bertz CT molecular complexity index is 377. The predicted molar refractivity (Wildman–Crippen MR) is 56.0 cm³/mol. The maximum Gasteiger partial charge on any atom is 0.417 e. The van der Waals surface area contributed by atoms with E-state index in [0.717, 1.165) is 12.3 Å². The molecule has 0 aromatic rings. The number of nitrogens with zero attached hydrogens (tertiary/aromatic N) is 2. The highest BCUT2D eigenvalue weighted by molar-refractivity contribution is 5.96. The van der Waals surface area contributed by atoms with E-state index in [1.165, 1.54) is 6.08 Å². The zero-order chi connectivity index (χ0) is 11.9. The van der Waals surface area contributed by atoms with Gasteiger partial charge in [0.25, 0.3) is 0 Å². The quantitative estimate of drug-likeness (QED) is 0.676. The first-order chi connectivity index (χ1) is 7.38. The fourth-order valence-electron chi connectivity index (χ4n) is 1.74. The monoisotopic (exact) mass is 230 g/mol. The van der Waals surface area contributed by atoms with Crippen molar-refractivity contribution in [3.63, 3.8) is 0 Å². The fourth-order valence-corrected chi connectivity index (χ4v) is 1.74. The lowest BCUT2D eigenvalue weighted by molar-refractivity contribution is -0.0890. The van der Waals surface area contributed by atoms with Gasteiger partial charge in [-0.05, 0) is 18.1 Å². The Morgan fingerprint density at radius 1 is 1.38 bits per heavy atom. The molecule has 0 spiro atoms.